The SMILES string of the molecule is CCC1C(=O)C2=C(NC(CCC3CCCC3)C2Cc2ccccc2)N(CC(C)C)C1=O. The number of carbonyl (C=O) groups excluding carboxylic acids is 2. The first kappa shape index (κ1) is 22.1. The van der Waals surface area contributed by atoms with Crippen molar-refractivity contribution < 1.29 is 9.59 Å². The lowest BCUT2D eigenvalue weighted by Crippen LogP contribution is -2.48. The quantitative estimate of drug-likeness (QED) is 0.594. The molecule has 1 saturated carbocycles. The zero-order chi connectivity index (χ0) is 22.0. The molecule has 1 fully saturated rings. The molecule has 1 aromatic carbocycles. The van der Waals surface area contributed by atoms with Crippen molar-refractivity contribution in [2.75, 3.05) is 6.54 Å². The van der Waals surface area contributed by atoms with Crippen LogP contribution < -0.4 is 5.32 Å². The molecule has 3 aliphatic rings. The molecule has 1 amide bonds. The fraction of sp³-hybridized carbons (Fsp3) is 0.630. The molecule has 4 nitrogen and oxygen atoms in total. The van der Waals surface area contributed by atoms with Gasteiger partial charge in [-0.15, -0.1) is 0 Å². The number of nitrogens with zero attached hydrogens (tertiary/aromatic N) is 1. The first-order chi connectivity index (χ1) is 15.0. The van der Waals surface area contributed by atoms with Crippen molar-refractivity contribution in [3.05, 3.63) is 47.3 Å². The molecular weight excluding hydrogens is 384 g/mol. The van der Waals surface area contributed by atoms with Crippen LogP contribution >= 0.6 is 0 Å². The molecule has 0 aromatic heterocycles. The van der Waals surface area contributed by atoms with Gasteiger partial charge in [0.1, 0.15) is 11.7 Å². The number of benzene rings is 1. The van der Waals surface area contributed by atoms with Crippen molar-refractivity contribution in [1.82, 2.24) is 10.2 Å². The second-order valence-electron chi connectivity index (χ2n) is 10.2. The Labute approximate surface area is 187 Å². The van der Waals surface area contributed by atoms with Crippen LogP contribution in [-0.2, 0) is 16.0 Å². The summed E-state index contributed by atoms with van der Waals surface area (Å²) >= 11 is 0. The fourth-order valence-electron chi connectivity index (χ4n) is 5.86. The summed E-state index contributed by atoms with van der Waals surface area (Å²) in [6.07, 6.45) is 9.13. The second kappa shape index (κ2) is 9.58. The summed E-state index contributed by atoms with van der Waals surface area (Å²) in [4.78, 5) is 28.7. The number of nitrogens with one attached hydrogen (secondary N) is 1. The van der Waals surface area contributed by atoms with E-state index in [1.165, 1.54) is 37.7 Å². The summed E-state index contributed by atoms with van der Waals surface area (Å²) in [5.41, 5.74) is 2.16. The Morgan fingerprint density at radius 3 is 2.42 bits per heavy atom. The van der Waals surface area contributed by atoms with Crippen LogP contribution in [0.5, 0.6) is 0 Å². The lowest BCUT2D eigenvalue weighted by molar-refractivity contribution is -0.141. The highest BCUT2D eigenvalue weighted by atomic mass is 16.2. The molecule has 0 bridgehead atoms. The molecule has 4 heteroatoms. The third-order valence-corrected chi connectivity index (χ3v) is 7.46. The van der Waals surface area contributed by atoms with E-state index in [1.54, 1.807) is 0 Å². The van der Waals surface area contributed by atoms with Gasteiger partial charge in [0.25, 0.3) is 0 Å². The summed E-state index contributed by atoms with van der Waals surface area (Å²) in [7, 11) is 0. The molecular formula is C27H38N2O2. The van der Waals surface area contributed by atoms with E-state index in [-0.39, 0.29) is 23.7 Å². The molecule has 4 rings (SSSR count). The third kappa shape index (κ3) is 4.58. The molecule has 1 N–H and O–H groups in total. The van der Waals surface area contributed by atoms with Gasteiger partial charge in [-0.2, -0.15) is 0 Å². The standard InChI is InChI=1S/C27H38N2O2/c1-4-21-25(30)24-22(16-20-12-6-5-7-13-20)23(15-14-19-10-8-9-11-19)28-26(24)29(27(21)31)17-18(2)3/h5-7,12-13,18-19,21-23,28H,4,8-11,14-17H2,1-3H3. The van der Waals surface area contributed by atoms with E-state index >= 15 is 0 Å². The Morgan fingerprint density at radius 1 is 1.06 bits per heavy atom. The summed E-state index contributed by atoms with van der Waals surface area (Å²) in [5, 5.41) is 3.71. The van der Waals surface area contributed by atoms with E-state index in [0.717, 1.165) is 30.2 Å². The van der Waals surface area contributed by atoms with Crippen LogP contribution in [0.2, 0.25) is 0 Å². The summed E-state index contributed by atoms with van der Waals surface area (Å²) in [5.74, 6) is 1.68. The Balaban J connectivity index is 1.65. The molecule has 3 atom stereocenters. The first-order valence-electron chi connectivity index (χ1n) is 12.4. The minimum atomic E-state index is -0.522. The summed E-state index contributed by atoms with van der Waals surface area (Å²) in [6.45, 7) is 6.91. The molecule has 1 aliphatic carbocycles. The van der Waals surface area contributed by atoms with Crippen LogP contribution in [0.3, 0.4) is 0 Å². The molecule has 168 valence electrons. The molecule has 1 aromatic rings. The molecule has 3 unspecified atom stereocenters. The van der Waals surface area contributed by atoms with E-state index in [4.69, 9.17) is 0 Å². The van der Waals surface area contributed by atoms with Gasteiger partial charge in [-0.05, 0) is 43.1 Å². The normalized spacial score (nSPS) is 26.7. The van der Waals surface area contributed by atoms with Crippen LogP contribution in [-0.4, -0.2) is 29.2 Å². The van der Waals surface area contributed by atoms with Crippen LogP contribution in [0.1, 0.15) is 71.3 Å². The van der Waals surface area contributed by atoms with Crippen LogP contribution in [0.25, 0.3) is 0 Å². The van der Waals surface area contributed by atoms with E-state index in [0.29, 0.717) is 18.9 Å². The average molecular weight is 423 g/mol. The maximum Gasteiger partial charge on any atom is 0.239 e. The summed E-state index contributed by atoms with van der Waals surface area (Å²) < 4.78 is 0. The Bertz CT molecular complexity index is 823. The van der Waals surface area contributed by atoms with Crippen molar-refractivity contribution in [3.8, 4) is 0 Å². The summed E-state index contributed by atoms with van der Waals surface area (Å²) in [6, 6.07) is 10.7. The predicted octanol–water partition coefficient (Wildman–Crippen LogP) is 5.09. The number of rotatable bonds is 8. The van der Waals surface area contributed by atoms with E-state index < -0.39 is 5.92 Å². The topological polar surface area (TPSA) is 49.4 Å². The van der Waals surface area contributed by atoms with Crippen LogP contribution in [0.15, 0.2) is 41.7 Å². The Morgan fingerprint density at radius 2 is 1.77 bits per heavy atom. The number of ketones is 1. The van der Waals surface area contributed by atoms with E-state index in [9.17, 15) is 9.59 Å². The molecule has 0 spiro atoms. The monoisotopic (exact) mass is 422 g/mol. The number of amides is 1. The maximum absolute atomic E-state index is 13.5. The van der Waals surface area contributed by atoms with Crippen molar-refractivity contribution >= 4 is 11.7 Å². The Kier molecular flexibility index (Phi) is 6.83. The zero-order valence-corrected chi connectivity index (χ0v) is 19.4. The van der Waals surface area contributed by atoms with Crippen LogP contribution in [0.4, 0.5) is 0 Å². The number of Topliss-reactive ketones (excluding diaryl/α,β-unsaturated/α-hetero) is 1. The number of carbonyl (C=O) groups is 2. The van der Waals surface area contributed by atoms with Gasteiger partial charge < -0.3 is 5.32 Å². The zero-order valence-electron chi connectivity index (χ0n) is 19.4. The van der Waals surface area contributed by atoms with Gasteiger partial charge in [0.2, 0.25) is 5.91 Å². The smallest absolute Gasteiger partial charge is 0.239 e. The molecule has 0 radical (unpaired) electrons. The predicted molar refractivity (Wildman–Crippen MR) is 124 cm³/mol. The average Bonchev–Trinajstić information content (AvgIpc) is 3.39. The maximum atomic E-state index is 13.5. The van der Waals surface area contributed by atoms with Gasteiger partial charge in [-0.25, -0.2) is 0 Å². The van der Waals surface area contributed by atoms with Crippen molar-refractivity contribution in [2.45, 2.75) is 78.2 Å². The fourth-order valence-corrected chi connectivity index (χ4v) is 5.86. The highest BCUT2D eigenvalue weighted by Gasteiger charge is 2.48. The van der Waals surface area contributed by atoms with Gasteiger partial charge >= 0.3 is 0 Å². The van der Waals surface area contributed by atoms with Crippen LogP contribution in [0, 0.1) is 23.7 Å². The van der Waals surface area contributed by atoms with E-state index in [1.807, 2.05) is 17.9 Å². The Hall–Kier alpha value is -2.10. The largest absolute Gasteiger partial charge is 0.368 e. The lowest BCUT2D eigenvalue weighted by atomic mass is 9.79. The van der Waals surface area contributed by atoms with Gasteiger partial charge in [-0.3, -0.25) is 14.5 Å². The second-order valence-corrected chi connectivity index (χ2v) is 10.2. The molecule has 0 saturated heterocycles. The molecule has 2 aliphatic heterocycles. The van der Waals surface area contributed by atoms with Gasteiger partial charge in [0, 0.05) is 24.1 Å². The van der Waals surface area contributed by atoms with Gasteiger partial charge in [-0.1, -0.05) is 76.8 Å². The molecule has 31 heavy (non-hydrogen) atoms. The minimum Gasteiger partial charge on any atom is -0.368 e. The van der Waals surface area contributed by atoms with Crippen molar-refractivity contribution in [2.24, 2.45) is 23.7 Å². The number of hydrogen-bond acceptors (Lipinski definition) is 3. The molecule has 2 heterocycles. The highest BCUT2D eigenvalue weighted by molar-refractivity contribution is 6.13. The van der Waals surface area contributed by atoms with Gasteiger partial charge in [0.05, 0.1) is 0 Å². The lowest BCUT2D eigenvalue weighted by Gasteiger charge is -2.34. The van der Waals surface area contributed by atoms with Crippen molar-refractivity contribution in [1.29, 1.82) is 0 Å². The minimum absolute atomic E-state index is 0.0117. The third-order valence-electron chi connectivity index (χ3n) is 7.46. The van der Waals surface area contributed by atoms with Gasteiger partial charge in [0.15, 0.2) is 5.78 Å². The first-order valence-corrected chi connectivity index (χ1v) is 12.4. The van der Waals surface area contributed by atoms with E-state index in [2.05, 4.69) is 43.4 Å². The number of hydrogen-bond donors (Lipinski definition) is 1. The highest BCUT2D eigenvalue weighted by Crippen LogP contribution is 2.40. The van der Waals surface area contributed by atoms with Crippen molar-refractivity contribution in [3.63, 3.8) is 0 Å².